The van der Waals surface area contributed by atoms with E-state index in [2.05, 4.69) is 46.9 Å². The van der Waals surface area contributed by atoms with Crippen molar-refractivity contribution >= 4 is 11.8 Å². The Hall–Kier alpha value is -3.50. The maximum Gasteiger partial charge on any atom is 0.243 e. The van der Waals surface area contributed by atoms with Gasteiger partial charge in [-0.1, -0.05) is 70.9 Å². The predicted octanol–water partition coefficient (Wildman–Crippen LogP) is 6.21. The Morgan fingerprint density at radius 3 is 2.37 bits per heavy atom. The number of hydrogen-bond donors (Lipinski definition) is 4. The number of halogens is 2. The molecule has 274 valence electrons. The molecule has 2 amide bonds. The van der Waals surface area contributed by atoms with E-state index in [0.29, 0.717) is 39.1 Å². The third-order valence-corrected chi connectivity index (χ3v) is 8.03. The van der Waals surface area contributed by atoms with Crippen molar-refractivity contribution in [1.29, 1.82) is 0 Å². The van der Waals surface area contributed by atoms with Gasteiger partial charge in [0.15, 0.2) is 11.6 Å². The molecule has 0 saturated carbocycles. The molecule has 0 aromatic heterocycles. The Balaban J connectivity index is 0.000000496. The zero-order valence-corrected chi connectivity index (χ0v) is 30.7. The number of benzene rings is 2. The third-order valence-electron chi connectivity index (χ3n) is 8.03. The lowest BCUT2D eigenvalue weighted by Gasteiger charge is -2.24. The molecule has 2 atom stereocenters. The predicted molar refractivity (Wildman–Crippen MR) is 196 cm³/mol. The summed E-state index contributed by atoms with van der Waals surface area (Å²) in [6.07, 6.45) is 9.36. The fourth-order valence-electron chi connectivity index (χ4n) is 5.51. The highest BCUT2D eigenvalue weighted by atomic mass is 19.1. The molecule has 2 aromatic rings. The summed E-state index contributed by atoms with van der Waals surface area (Å²) < 4.78 is 33.4. The van der Waals surface area contributed by atoms with Crippen molar-refractivity contribution in [1.82, 2.24) is 26.2 Å². The molecule has 2 aromatic carbocycles. The first-order valence-electron chi connectivity index (χ1n) is 18.2. The highest BCUT2D eigenvalue weighted by Gasteiger charge is 2.25. The van der Waals surface area contributed by atoms with Gasteiger partial charge in [-0.2, -0.15) is 0 Å². The number of rotatable bonds is 5. The minimum absolute atomic E-state index is 0.0265. The molecule has 1 saturated heterocycles. The summed E-state index contributed by atoms with van der Waals surface area (Å²) in [7, 11) is 0. The van der Waals surface area contributed by atoms with E-state index in [4.69, 9.17) is 4.74 Å². The molecule has 2 aliphatic heterocycles. The number of fused-ring (bicyclic) bond motifs is 1. The van der Waals surface area contributed by atoms with E-state index < -0.39 is 6.04 Å². The molecule has 0 bridgehead atoms. The molecule has 4 rings (SSSR count). The van der Waals surface area contributed by atoms with Crippen molar-refractivity contribution < 1.29 is 23.1 Å². The van der Waals surface area contributed by atoms with Crippen molar-refractivity contribution in [3.63, 3.8) is 0 Å². The highest BCUT2D eigenvalue weighted by Crippen LogP contribution is 2.24. The molecule has 8 nitrogen and oxygen atoms in total. The van der Waals surface area contributed by atoms with E-state index >= 15 is 0 Å². The average Bonchev–Trinajstić information content (AvgIpc) is 3.58. The summed E-state index contributed by atoms with van der Waals surface area (Å²) in [5, 5.41) is 12.4. The molecule has 10 heteroatoms. The number of aryl methyl sites for hydroxylation is 3. The minimum atomic E-state index is -0.619. The van der Waals surface area contributed by atoms with Gasteiger partial charge >= 0.3 is 0 Å². The lowest BCUT2D eigenvalue weighted by molar-refractivity contribution is -0.129. The Labute approximate surface area is 293 Å². The largest absolute Gasteiger partial charge is 0.489 e. The quantitative estimate of drug-likeness (QED) is 0.299. The Morgan fingerprint density at radius 2 is 1.69 bits per heavy atom. The number of hydrogen-bond acceptors (Lipinski definition) is 6. The number of para-hydroxylation sites is 1. The molecule has 2 aliphatic rings. The van der Waals surface area contributed by atoms with Crippen molar-refractivity contribution in [2.75, 3.05) is 45.9 Å². The fraction of sp³-hybridized carbons (Fsp3) is 0.590. The van der Waals surface area contributed by atoms with Crippen LogP contribution in [0.15, 0.2) is 48.2 Å². The molecule has 0 aliphatic carbocycles. The van der Waals surface area contributed by atoms with Gasteiger partial charge in [0.2, 0.25) is 11.8 Å². The molecule has 1 fully saturated rings. The first kappa shape index (κ1) is 41.7. The monoisotopic (exact) mass is 685 g/mol. The van der Waals surface area contributed by atoms with Gasteiger partial charge in [-0.3, -0.25) is 9.59 Å². The van der Waals surface area contributed by atoms with Crippen molar-refractivity contribution in [3.05, 3.63) is 76.5 Å². The second-order valence-corrected chi connectivity index (χ2v) is 12.9. The van der Waals surface area contributed by atoms with Gasteiger partial charge in [0, 0.05) is 31.4 Å². The average molecular weight is 686 g/mol. The van der Waals surface area contributed by atoms with Crippen LogP contribution in [0.5, 0.6) is 5.75 Å². The van der Waals surface area contributed by atoms with Crippen LogP contribution < -0.4 is 26.0 Å². The van der Waals surface area contributed by atoms with E-state index in [1.807, 2.05) is 45.0 Å². The van der Waals surface area contributed by atoms with Gasteiger partial charge in [0.25, 0.3) is 0 Å². The van der Waals surface area contributed by atoms with Gasteiger partial charge in [-0.05, 0) is 94.3 Å². The van der Waals surface area contributed by atoms with Gasteiger partial charge < -0.3 is 30.9 Å². The molecule has 1 unspecified atom stereocenters. The zero-order valence-electron chi connectivity index (χ0n) is 30.7. The van der Waals surface area contributed by atoms with E-state index in [-0.39, 0.29) is 41.8 Å². The summed E-state index contributed by atoms with van der Waals surface area (Å²) in [6, 6.07) is 9.71. The second kappa shape index (κ2) is 23.8. The SMILES string of the molecule is CC/C=C1\CN[C@@H](C)COc2c(F)cccc2CCCNC(=O)C(CN2CCCC2)NC(=O)CN1.CCC.CCCc1ccc(C)cc1F. The normalized spacial score (nSPS) is 20.4. The Morgan fingerprint density at radius 1 is 0.959 bits per heavy atom. The molecular formula is C39H61F2N5O3. The lowest BCUT2D eigenvalue weighted by Crippen LogP contribution is -2.54. The lowest BCUT2D eigenvalue weighted by atomic mass is 10.1. The van der Waals surface area contributed by atoms with E-state index in [9.17, 15) is 18.4 Å². The van der Waals surface area contributed by atoms with Crippen LogP contribution in [0.3, 0.4) is 0 Å². The summed E-state index contributed by atoms with van der Waals surface area (Å²) >= 11 is 0. The fourth-order valence-corrected chi connectivity index (χ4v) is 5.51. The number of ether oxygens (including phenoxy) is 1. The molecule has 4 N–H and O–H groups in total. The molecule has 2 heterocycles. The number of carbonyl (C=O) groups is 2. The van der Waals surface area contributed by atoms with Crippen molar-refractivity contribution in [2.45, 2.75) is 105 Å². The van der Waals surface area contributed by atoms with Gasteiger partial charge in [-0.25, -0.2) is 8.78 Å². The summed E-state index contributed by atoms with van der Waals surface area (Å²) in [5.74, 6) is -0.577. The van der Waals surface area contributed by atoms with Gasteiger partial charge in [0.05, 0.1) is 6.54 Å². The number of amides is 2. The van der Waals surface area contributed by atoms with E-state index in [1.165, 1.54) is 12.5 Å². The maximum atomic E-state index is 14.5. The van der Waals surface area contributed by atoms with Crippen LogP contribution in [-0.4, -0.2) is 74.7 Å². The number of allylic oxidation sites excluding steroid dienone is 1. The van der Waals surface area contributed by atoms with Crippen LogP contribution in [0.4, 0.5) is 8.78 Å². The summed E-state index contributed by atoms with van der Waals surface area (Å²) in [6.45, 7) is 15.9. The second-order valence-electron chi connectivity index (χ2n) is 12.9. The van der Waals surface area contributed by atoms with E-state index in [1.54, 1.807) is 12.1 Å². The molecule has 0 radical (unpaired) electrons. The Kier molecular flexibility index (Phi) is 20.2. The van der Waals surface area contributed by atoms with Crippen LogP contribution >= 0.6 is 0 Å². The van der Waals surface area contributed by atoms with E-state index in [0.717, 1.165) is 67.6 Å². The highest BCUT2D eigenvalue weighted by molar-refractivity contribution is 5.88. The molecular weight excluding hydrogens is 624 g/mol. The number of nitrogens with one attached hydrogen (secondary N) is 4. The minimum Gasteiger partial charge on any atom is -0.489 e. The first-order chi connectivity index (χ1) is 23.6. The number of carbonyl (C=O) groups excluding carboxylic acids is 2. The topological polar surface area (TPSA) is 94.7 Å². The Bertz CT molecular complexity index is 1300. The van der Waals surface area contributed by atoms with Crippen LogP contribution in [0, 0.1) is 18.6 Å². The number of nitrogens with zero attached hydrogens (tertiary/aromatic N) is 1. The van der Waals surface area contributed by atoms with Crippen molar-refractivity contribution in [3.8, 4) is 5.75 Å². The van der Waals surface area contributed by atoms with Crippen LogP contribution in [0.2, 0.25) is 0 Å². The molecule has 0 spiro atoms. The van der Waals surface area contributed by atoms with Gasteiger partial charge in [0.1, 0.15) is 18.5 Å². The maximum absolute atomic E-state index is 14.5. The van der Waals surface area contributed by atoms with Crippen LogP contribution in [0.1, 0.15) is 89.8 Å². The third kappa shape index (κ3) is 16.2. The first-order valence-corrected chi connectivity index (χ1v) is 18.2. The number of likely N-dealkylation sites (tertiary alicyclic amines) is 1. The smallest absolute Gasteiger partial charge is 0.243 e. The summed E-state index contributed by atoms with van der Waals surface area (Å²) in [5.41, 5.74) is 3.49. The summed E-state index contributed by atoms with van der Waals surface area (Å²) in [4.78, 5) is 27.9. The molecule has 49 heavy (non-hydrogen) atoms. The van der Waals surface area contributed by atoms with Gasteiger partial charge in [-0.15, -0.1) is 0 Å². The van der Waals surface area contributed by atoms with Crippen molar-refractivity contribution in [2.24, 2.45) is 0 Å². The zero-order chi connectivity index (χ0) is 36.0. The van der Waals surface area contributed by atoms with Crippen LogP contribution in [0.25, 0.3) is 0 Å². The van der Waals surface area contributed by atoms with Crippen LogP contribution in [-0.2, 0) is 22.4 Å². The standard InChI is InChI=1S/C26H40FN5O3.C10H13F.C3H8/c1-3-8-21-15-29-19(2)18-35-25-20(9-6-11-22(25)27)10-7-12-28-26(34)23(31-24(33)16-30-21)17-32-13-4-5-14-32;1-3-4-9-6-5-8(2)7-10(9)11;1-3-2/h6,8-9,11,19,23,29-30H,3-5,7,10,12-18H2,1-2H3,(H,28,34)(H,31,33);5-7H,3-4H2,1-2H3;3H2,1-2H3/b21-8+;;/t19-,23?;;/m0../s1.